The van der Waals surface area contributed by atoms with E-state index in [0.717, 1.165) is 12.8 Å². The van der Waals surface area contributed by atoms with Gasteiger partial charge in [0.25, 0.3) is 5.91 Å². The van der Waals surface area contributed by atoms with Gasteiger partial charge in [0.05, 0.1) is 4.90 Å². The fraction of sp³-hybridized carbons (Fsp3) is 0.286. The largest absolute Gasteiger partial charge is 0.337 e. The van der Waals surface area contributed by atoms with Crippen molar-refractivity contribution in [2.45, 2.75) is 24.2 Å². The smallest absolute Gasteiger partial charge is 0.319 e. The van der Waals surface area contributed by atoms with Crippen molar-refractivity contribution in [3.8, 4) is 0 Å². The molecule has 1 heterocycles. The Labute approximate surface area is 186 Å². The number of carbonyl (C=O) groups excluding carboxylic acids is 3. The number of hydrazine groups is 1. The van der Waals surface area contributed by atoms with Crippen molar-refractivity contribution in [2.75, 3.05) is 25.0 Å². The van der Waals surface area contributed by atoms with Crippen LogP contribution >= 0.6 is 0 Å². The van der Waals surface area contributed by atoms with Crippen LogP contribution in [-0.4, -0.2) is 50.2 Å². The number of amides is 4. The molecule has 1 aliphatic rings. The third-order valence-corrected chi connectivity index (χ3v) is 6.72. The highest BCUT2D eigenvalue weighted by molar-refractivity contribution is 7.89. The summed E-state index contributed by atoms with van der Waals surface area (Å²) in [5, 5.41) is 5.16. The number of hydrogen-bond acceptors (Lipinski definition) is 5. The summed E-state index contributed by atoms with van der Waals surface area (Å²) < 4.78 is 26.5. The van der Waals surface area contributed by atoms with E-state index in [-0.39, 0.29) is 23.4 Å². The van der Waals surface area contributed by atoms with Crippen LogP contribution in [0.25, 0.3) is 0 Å². The van der Waals surface area contributed by atoms with Gasteiger partial charge in [-0.2, -0.15) is 4.31 Å². The van der Waals surface area contributed by atoms with E-state index in [2.05, 4.69) is 21.5 Å². The van der Waals surface area contributed by atoms with Gasteiger partial charge in [0.1, 0.15) is 0 Å². The number of sulfonamides is 1. The fourth-order valence-corrected chi connectivity index (χ4v) is 4.62. The summed E-state index contributed by atoms with van der Waals surface area (Å²) in [6.07, 6.45) is 1.63. The van der Waals surface area contributed by atoms with Crippen LogP contribution in [0.4, 0.5) is 10.5 Å². The van der Waals surface area contributed by atoms with Gasteiger partial charge >= 0.3 is 6.03 Å². The highest BCUT2D eigenvalue weighted by Crippen LogP contribution is 2.21. The summed E-state index contributed by atoms with van der Waals surface area (Å²) in [4.78, 5) is 35.9. The first-order valence-corrected chi connectivity index (χ1v) is 11.6. The lowest BCUT2D eigenvalue weighted by Gasteiger charge is -2.15. The molecule has 0 aliphatic carbocycles. The first-order chi connectivity index (χ1) is 15.4. The second-order valence-corrected chi connectivity index (χ2v) is 9.07. The Kier molecular flexibility index (Phi) is 7.79. The topological polar surface area (TPSA) is 137 Å². The maximum absolute atomic E-state index is 12.5. The van der Waals surface area contributed by atoms with Gasteiger partial charge in [-0.1, -0.05) is 18.2 Å². The summed E-state index contributed by atoms with van der Waals surface area (Å²) in [7, 11) is -3.55. The van der Waals surface area contributed by atoms with E-state index in [0.29, 0.717) is 18.8 Å². The first kappa shape index (κ1) is 23.2. The van der Waals surface area contributed by atoms with Crippen molar-refractivity contribution in [3.63, 3.8) is 0 Å². The van der Waals surface area contributed by atoms with E-state index < -0.39 is 27.9 Å². The van der Waals surface area contributed by atoms with Gasteiger partial charge in [-0.05, 0) is 49.2 Å². The minimum atomic E-state index is -3.55. The molecule has 1 saturated heterocycles. The fourth-order valence-electron chi connectivity index (χ4n) is 3.10. The Bertz CT molecular complexity index is 1050. The molecule has 1 fully saturated rings. The van der Waals surface area contributed by atoms with E-state index in [1.165, 1.54) is 28.6 Å². The molecule has 0 aromatic heterocycles. The summed E-state index contributed by atoms with van der Waals surface area (Å²) in [6.45, 7) is 1.07. The van der Waals surface area contributed by atoms with Gasteiger partial charge in [0.2, 0.25) is 15.9 Å². The first-order valence-electron chi connectivity index (χ1n) is 10.2. The Morgan fingerprint density at radius 3 is 2.19 bits per heavy atom. The molecule has 4 amide bonds. The second-order valence-electron chi connectivity index (χ2n) is 7.13. The van der Waals surface area contributed by atoms with Crippen molar-refractivity contribution in [3.05, 3.63) is 60.2 Å². The van der Waals surface area contributed by atoms with Crippen LogP contribution in [0.15, 0.2) is 59.5 Å². The van der Waals surface area contributed by atoms with E-state index in [9.17, 15) is 22.8 Å². The van der Waals surface area contributed by atoms with Crippen LogP contribution in [0.5, 0.6) is 0 Å². The van der Waals surface area contributed by atoms with Crippen molar-refractivity contribution < 1.29 is 22.8 Å². The zero-order chi connectivity index (χ0) is 23.0. The monoisotopic (exact) mass is 459 g/mol. The van der Waals surface area contributed by atoms with E-state index in [1.54, 1.807) is 24.3 Å². The Hall–Kier alpha value is -3.44. The molecule has 0 spiro atoms. The molecule has 0 bridgehead atoms. The maximum Gasteiger partial charge on any atom is 0.319 e. The number of anilines is 1. The zero-order valence-electron chi connectivity index (χ0n) is 17.3. The minimum absolute atomic E-state index is 0.0461. The number of urea groups is 1. The van der Waals surface area contributed by atoms with Gasteiger partial charge in [-0.3, -0.25) is 20.4 Å². The Balaban J connectivity index is 1.40. The van der Waals surface area contributed by atoms with Crippen molar-refractivity contribution in [1.82, 2.24) is 20.5 Å². The van der Waals surface area contributed by atoms with Crippen LogP contribution in [0.1, 0.15) is 29.6 Å². The molecule has 0 unspecified atom stereocenters. The molecule has 0 atom stereocenters. The van der Waals surface area contributed by atoms with Crippen LogP contribution in [0.2, 0.25) is 0 Å². The van der Waals surface area contributed by atoms with Crippen LogP contribution < -0.4 is 21.5 Å². The molecule has 3 rings (SSSR count). The average molecular weight is 460 g/mol. The number of para-hydroxylation sites is 1. The summed E-state index contributed by atoms with van der Waals surface area (Å²) >= 11 is 0. The number of benzene rings is 2. The zero-order valence-corrected chi connectivity index (χ0v) is 18.2. The lowest BCUT2D eigenvalue weighted by atomic mass is 10.2. The summed E-state index contributed by atoms with van der Waals surface area (Å²) in [6, 6.07) is 13.9. The van der Waals surface area contributed by atoms with E-state index >= 15 is 0 Å². The van der Waals surface area contributed by atoms with Crippen LogP contribution in [0, 0.1) is 0 Å². The number of nitrogens with zero attached hydrogens (tertiary/aromatic N) is 1. The van der Waals surface area contributed by atoms with Gasteiger partial charge in [-0.15, -0.1) is 0 Å². The van der Waals surface area contributed by atoms with Crippen molar-refractivity contribution in [1.29, 1.82) is 0 Å². The molecule has 2 aromatic rings. The molecular formula is C21H25N5O5S. The SMILES string of the molecule is O=C(CCNC(=O)Nc1ccccc1)NNC(=O)c1ccc(S(=O)(=O)N2CCCC2)cc1. The third kappa shape index (κ3) is 6.28. The molecule has 170 valence electrons. The predicted octanol–water partition coefficient (Wildman–Crippen LogP) is 1.44. The normalized spacial score (nSPS) is 13.9. The number of carbonyl (C=O) groups is 3. The van der Waals surface area contributed by atoms with Crippen LogP contribution in [0.3, 0.4) is 0 Å². The van der Waals surface area contributed by atoms with Gasteiger partial charge in [0, 0.05) is 37.3 Å². The lowest BCUT2D eigenvalue weighted by Crippen LogP contribution is -2.43. The second kappa shape index (κ2) is 10.7. The molecule has 32 heavy (non-hydrogen) atoms. The average Bonchev–Trinajstić information content (AvgIpc) is 3.34. The summed E-state index contributed by atoms with van der Waals surface area (Å²) in [5.41, 5.74) is 5.35. The highest BCUT2D eigenvalue weighted by atomic mass is 32.2. The molecule has 4 N–H and O–H groups in total. The molecule has 11 heteroatoms. The van der Waals surface area contributed by atoms with Gasteiger partial charge in [-0.25, -0.2) is 13.2 Å². The van der Waals surface area contributed by atoms with E-state index in [1.807, 2.05) is 6.07 Å². The maximum atomic E-state index is 12.5. The molecular weight excluding hydrogens is 434 g/mol. The molecule has 1 aliphatic heterocycles. The predicted molar refractivity (Wildman–Crippen MR) is 118 cm³/mol. The Morgan fingerprint density at radius 1 is 0.875 bits per heavy atom. The van der Waals surface area contributed by atoms with E-state index in [4.69, 9.17) is 0 Å². The number of hydrogen-bond donors (Lipinski definition) is 4. The highest BCUT2D eigenvalue weighted by Gasteiger charge is 2.27. The molecule has 2 aromatic carbocycles. The van der Waals surface area contributed by atoms with Gasteiger partial charge in [0.15, 0.2) is 0 Å². The lowest BCUT2D eigenvalue weighted by molar-refractivity contribution is -0.121. The molecule has 0 radical (unpaired) electrons. The quantitative estimate of drug-likeness (QED) is 0.465. The standard InChI is InChI=1S/C21H25N5O5S/c27-19(12-13-22-21(29)23-17-6-2-1-3-7-17)24-25-20(28)16-8-10-18(11-9-16)32(30,31)26-14-4-5-15-26/h1-3,6-11H,4-5,12-15H2,(H,24,27)(H,25,28)(H2,22,23,29). The minimum Gasteiger partial charge on any atom is -0.337 e. The van der Waals surface area contributed by atoms with Crippen molar-refractivity contribution >= 4 is 33.6 Å². The number of rotatable bonds is 7. The molecule has 0 saturated carbocycles. The number of nitrogens with one attached hydrogen (secondary N) is 4. The molecule has 10 nitrogen and oxygen atoms in total. The van der Waals surface area contributed by atoms with Crippen molar-refractivity contribution in [2.24, 2.45) is 0 Å². The van der Waals surface area contributed by atoms with Gasteiger partial charge < -0.3 is 10.6 Å². The van der Waals surface area contributed by atoms with Crippen LogP contribution in [-0.2, 0) is 14.8 Å². The third-order valence-electron chi connectivity index (χ3n) is 4.80. The Morgan fingerprint density at radius 2 is 1.53 bits per heavy atom. The summed E-state index contributed by atoms with van der Waals surface area (Å²) in [5.74, 6) is -1.08.